The molecule has 1 N–H and O–H groups in total. The topological polar surface area (TPSA) is 38.1 Å². The average molecular weight is 220 g/mol. The minimum Gasteiger partial charge on any atom is -0.361 e. The fraction of sp³-hybridized carbons (Fsp3) is 0.769. The summed E-state index contributed by atoms with van der Waals surface area (Å²) >= 11 is 0. The molecule has 2 aliphatic rings. The van der Waals surface area contributed by atoms with Crippen LogP contribution in [-0.4, -0.2) is 18.2 Å². The van der Waals surface area contributed by atoms with E-state index in [0.717, 1.165) is 19.5 Å². The lowest BCUT2D eigenvalue weighted by molar-refractivity contribution is 0.322. The standard InChI is InChI=1S/C13H20N2O/c1-2-4-11-12(5-3-1)15-16-13(11)10-6-8-14-9-7-10/h10,14H,1-9H2. The lowest BCUT2D eigenvalue weighted by Gasteiger charge is -2.21. The Morgan fingerprint density at radius 2 is 1.88 bits per heavy atom. The second kappa shape index (κ2) is 4.58. The smallest absolute Gasteiger partial charge is 0.143 e. The molecule has 3 rings (SSSR count). The van der Waals surface area contributed by atoms with Crippen molar-refractivity contribution < 1.29 is 4.52 Å². The Balaban J connectivity index is 1.86. The molecule has 1 aliphatic carbocycles. The van der Waals surface area contributed by atoms with Crippen LogP contribution in [0.2, 0.25) is 0 Å². The van der Waals surface area contributed by atoms with Gasteiger partial charge in [-0.05, 0) is 51.6 Å². The van der Waals surface area contributed by atoms with Crippen LogP contribution in [0.25, 0.3) is 0 Å². The molecular weight excluding hydrogens is 200 g/mol. The second-order valence-electron chi connectivity index (χ2n) is 5.06. The molecule has 0 aromatic carbocycles. The first-order valence-corrected chi connectivity index (χ1v) is 6.63. The lowest BCUT2D eigenvalue weighted by atomic mass is 9.91. The molecule has 3 heteroatoms. The second-order valence-corrected chi connectivity index (χ2v) is 5.06. The van der Waals surface area contributed by atoms with Crippen molar-refractivity contribution in [2.24, 2.45) is 0 Å². The number of hydrogen-bond acceptors (Lipinski definition) is 3. The minimum atomic E-state index is 0.621. The number of nitrogens with zero attached hydrogens (tertiary/aromatic N) is 1. The Bertz CT molecular complexity index is 353. The van der Waals surface area contributed by atoms with Gasteiger partial charge in [-0.25, -0.2) is 0 Å². The van der Waals surface area contributed by atoms with Gasteiger partial charge in [-0.15, -0.1) is 0 Å². The van der Waals surface area contributed by atoms with E-state index in [0.29, 0.717) is 5.92 Å². The molecule has 0 radical (unpaired) electrons. The van der Waals surface area contributed by atoms with E-state index in [4.69, 9.17) is 4.52 Å². The SMILES string of the molecule is C1CCc2noc(C3CCNCC3)c2CC1. The van der Waals surface area contributed by atoms with E-state index >= 15 is 0 Å². The van der Waals surface area contributed by atoms with Crippen LogP contribution in [0.4, 0.5) is 0 Å². The van der Waals surface area contributed by atoms with Crippen molar-refractivity contribution >= 4 is 0 Å². The summed E-state index contributed by atoms with van der Waals surface area (Å²) in [6, 6.07) is 0. The first kappa shape index (κ1) is 10.3. The molecule has 16 heavy (non-hydrogen) atoms. The number of aromatic nitrogens is 1. The zero-order valence-electron chi connectivity index (χ0n) is 9.80. The van der Waals surface area contributed by atoms with Crippen molar-refractivity contribution in [3.63, 3.8) is 0 Å². The number of fused-ring (bicyclic) bond motifs is 1. The van der Waals surface area contributed by atoms with Crippen molar-refractivity contribution in [3.8, 4) is 0 Å². The fourth-order valence-electron chi connectivity index (χ4n) is 3.00. The summed E-state index contributed by atoms with van der Waals surface area (Å²) in [4.78, 5) is 0. The molecule has 0 bridgehead atoms. The van der Waals surface area contributed by atoms with E-state index in [1.807, 2.05) is 0 Å². The van der Waals surface area contributed by atoms with Crippen molar-refractivity contribution in [2.45, 2.75) is 50.9 Å². The van der Waals surface area contributed by atoms with Gasteiger partial charge in [-0.3, -0.25) is 0 Å². The summed E-state index contributed by atoms with van der Waals surface area (Å²) in [5, 5.41) is 7.70. The summed E-state index contributed by atoms with van der Waals surface area (Å²) in [5.41, 5.74) is 2.72. The summed E-state index contributed by atoms with van der Waals surface area (Å²) in [5.74, 6) is 1.84. The monoisotopic (exact) mass is 220 g/mol. The first-order valence-electron chi connectivity index (χ1n) is 6.63. The molecule has 1 saturated heterocycles. The molecule has 0 spiro atoms. The molecule has 0 amide bonds. The van der Waals surface area contributed by atoms with Gasteiger partial charge < -0.3 is 9.84 Å². The molecule has 0 unspecified atom stereocenters. The Kier molecular flexibility index (Phi) is 2.96. The molecule has 1 aromatic heterocycles. The van der Waals surface area contributed by atoms with Gasteiger partial charge in [-0.2, -0.15) is 0 Å². The third-order valence-corrected chi connectivity index (χ3v) is 3.95. The quantitative estimate of drug-likeness (QED) is 0.739. The van der Waals surface area contributed by atoms with Crippen LogP contribution in [0.3, 0.4) is 0 Å². The molecule has 1 aliphatic heterocycles. The van der Waals surface area contributed by atoms with Gasteiger partial charge >= 0.3 is 0 Å². The van der Waals surface area contributed by atoms with E-state index in [-0.39, 0.29) is 0 Å². The van der Waals surface area contributed by atoms with Gasteiger partial charge in [0.25, 0.3) is 0 Å². The third kappa shape index (κ3) is 1.88. The molecule has 3 nitrogen and oxygen atoms in total. The molecule has 1 fully saturated rings. The zero-order chi connectivity index (χ0) is 10.8. The van der Waals surface area contributed by atoms with Crippen LogP contribution in [-0.2, 0) is 12.8 Å². The number of rotatable bonds is 1. The Labute approximate surface area is 96.6 Å². The van der Waals surface area contributed by atoms with Gasteiger partial charge in [0.1, 0.15) is 5.76 Å². The fourth-order valence-corrected chi connectivity index (χ4v) is 3.00. The van der Waals surface area contributed by atoms with Crippen molar-refractivity contribution in [1.29, 1.82) is 0 Å². The van der Waals surface area contributed by atoms with Crippen LogP contribution < -0.4 is 5.32 Å². The van der Waals surface area contributed by atoms with Crippen LogP contribution >= 0.6 is 0 Å². The van der Waals surface area contributed by atoms with E-state index in [1.54, 1.807) is 0 Å². The zero-order valence-corrected chi connectivity index (χ0v) is 9.80. The molecule has 1 aromatic rings. The summed E-state index contributed by atoms with van der Waals surface area (Å²) in [6.07, 6.45) is 8.69. The average Bonchev–Trinajstić information content (AvgIpc) is 2.60. The number of piperidine rings is 1. The number of aryl methyl sites for hydroxylation is 1. The number of nitrogens with one attached hydrogen (secondary N) is 1. The molecular formula is C13H20N2O. The van der Waals surface area contributed by atoms with Crippen LogP contribution in [0.5, 0.6) is 0 Å². The van der Waals surface area contributed by atoms with E-state index < -0.39 is 0 Å². The highest BCUT2D eigenvalue weighted by Gasteiger charge is 2.25. The summed E-state index contributed by atoms with van der Waals surface area (Å²) in [6.45, 7) is 2.25. The maximum atomic E-state index is 5.63. The largest absolute Gasteiger partial charge is 0.361 e. The highest BCUT2D eigenvalue weighted by atomic mass is 16.5. The first-order chi connectivity index (χ1) is 7.95. The summed E-state index contributed by atoms with van der Waals surface area (Å²) < 4.78 is 5.63. The van der Waals surface area contributed by atoms with Crippen LogP contribution in [0.1, 0.15) is 55.0 Å². The molecule has 0 saturated carbocycles. The normalized spacial score (nSPS) is 22.8. The number of hydrogen-bond donors (Lipinski definition) is 1. The van der Waals surface area contributed by atoms with Crippen molar-refractivity contribution in [1.82, 2.24) is 10.5 Å². The highest BCUT2D eigenvalue weighted by Crippen LogP contribution is 2.32. The Morgan fingerprint density at radius 1 is 1.06 bits per heavy atom. The predicted octanol–water partition coefficient (Wildman–Crippen LogP) is 2.41. The van der Waals surface area contributed by atoms with Crippen LogP contribution in [0, 0.1) is 0 Å². The Morgan fingerprint density at radius 3 is 2.75 bits per heavy atom. The highest BCUT2D eigenvalue weighted by molar-refractivity contribution is 5.27. The van der Waals surface area contributed by atoms with Crippen LogP contribution in [0.15, 0.2) is 4.52 Å². The summed E-state index contributed by atoms with van der Waals surface area (Å²) in [7, 11) is 0. The van der Waals surface area contributed by atoms with Gasteiger partial charge in [0, 0.05) is 11.5 Å². The maximum Gasteiger partial charge on any atom is 0.143 e. The van der Waals surface area contributed by atoms with Gasteiger partial charge in [0.05, 0.1) is 5.69 Å². The van der Waals surface area contributed by atoms with E-state index in [9.17, 15) is 0 Å². The van der Waals surface area contributed by atoms with Gasteiger partial charge in [0.2, 0.25) is 0 Å². The molecule has 88 valence electrons. The lowest BCUT2D eigenvalue weighted by Crippen LogP contribution is -2.26. The Hall–Kier alpha value is -0.830. The maximum absolute atomic E-state index is 5.63. The van der Waals surface area contributed by atoms with E-state index in [1.165, 1.54) is 55.5 Å². The predicted molar refractivity (Wildman–Crippen MR) is 62.6 cm³/mol. The molecule has 0 atom stereocenters. The third-order valence-electron chi connectivity index (χ3n) is 3.95. The molecule has 2 heterocycles. The van der Waals surface area contributed by atoms with Crippen molar-refractivity contribution in [3.05, 3.63) is 17.0 Å². The van der Waals surface area contributed by atoms with E-state index in [2.05, 4.69) is 10.5 Å². The van der Waals surface area contributed by atoms with Gasteiger partial charge in [0.15, 0.2) is 0 Å². The van der Waals surface area contributed by atoms with Crippen molar-refractivity contribution in [2.75, 3.05) is 13.1 Å². The van der Waals surface area contributed by atoms with Gasteiger partial charge in [-0.1, -0.05) is 11.6 Å². The minimum absolute atomic E-state index is 0.621.